The van der Waals surface area contributed by atoms with Gasteiger partial charge in [-0.25, -0.2) is 0 Å². The Bertz CT molecular complexity index is 388. The number of ether oxygens (including phenoxy) is 1. The molecule has 3 heteroatoms. The average Bonchev–Trinajstić information content (AvgIpc) is 2.99. The zero-order valence-electron chi connectivity index (χ0n) is 12.7. The van der Waals surface area contributed by atoms with Crippen molar-refractivity contribution < 1.29 is 4.74 Å². The summed E-state index contributed by atoms with van der Waals surface area (Å²) in [6, 6.07) is 5.09. The van der Waals surface area contributed by atoms with Gasteiger partial charge in [-0.05, 0) is 36.9 Å². The van der Waals surface area contributed by atoms with E-state index < -0.39 is 0 Å². The molecule has 2 nitrogen and oxygen atoms in total. The van der Waals surface area contributed by atoms with Crippen molar-refractivity contribution in [1.29, 1.82) is 0 Å². The maximum atomic E-state index is 5.58. The van der Waals surface area contributed by atoms with Gasteiger partial charge in [-0.2, -0.15) is 0 Å². The molecule has 2 atom stereocenters. The summed E-state index contributed by atoms with van der Waals surface area (Å²) in [5.41, 5.74) is 0.254. The molecule has 0 aromatic carbocycles. The summed E-state index contributed by atoms with van der Waals surface area (Å²) in [6.45, 7) is 12.0. The largest absolute Gasteiger partial charge is 0.381 e. The van der Waals surface area contributed by atoms with Crippen molar-refractivity contribution in [1.82, 2.24) is 5.32 Å². The van der Waals surface area contributed by atoms with Gasteiger partial charge in [-0.15, -0.1) is 11.3 Å². The lowest BCUT2D eigenvalue weighted by Crippen LogP contribution is -2.28. The van der Waals surface area contributed by atoms with Gasteiger partial charge in [0, 0.05) is 28.3 Å². The molecule has 1 aromatic heterocycles. The lowest BCUT2D eigenvalue weighted by Gasteiger charge is -2.23. The van der Waals surface area contributed by atoms with Crippen molar-refractivity contribution in [2.75, 3.05) is 19.8 Å². The van der Waals surface area contributed by atoms with E-state index in [0.717, 1.165) is 19.8 Å². The molecule has 2 heterocycles. The molecule has 1 saturated heterocycles. The Kier molecular flexibility index (Phi) is 5.04. The fraction of sp³-hybridized carbons (Fsp3) is 0.750. The van der Waals surface area contributed by atoms with Gasteiger partial charge in [-0.1, -0.05) is 27.7 Å². The SMILES string of the molecule is CCCNC(c1ccc(C(C)(C)C)s1)C1CCOC1. The van der Waals surface area contributed by atoms with E-state index in [-0.39, 0.29) is 5.41 Å². The molecule has 1 aliphatic heterocycles. The lowest BCUT2D eigenvalue weighted by molar-refractivity contribution is 0.177. The van der Waals surface area contributed by atoms with E-state index in [9.17, 15) is 0 Å². The van der Waals surface area contributed by atoms with Crippen LogP contribution in [-0.2, 0) is 10.2 Å². The minimum atomic E-state index is 0.254. The second kappa shape index (κ2) is 6.38. The predicted octanol–water partition coefficient (Wildman–Crippen LogP) is 4.12. The van der Waals surface area contributed by atoms with Gasteiger partial charge in [0.25, 0.3) is 0 Å². The van der Waals surface area contributed by atoms with E-state index in [1.807, 2.05) is 11.3 Å². The van der Waals surface area contributed by atoms with Crippen molar-refractivity contribution in [3.05, 3.63) is 21.9 Å². The second-order valence-corrected chi connectivity index (χ2v) is 7.62. The van der Waals surface area contributed by atoms with Crippen LogP contribution in [0.4, 0.5) is 0 Å². The molecule has 0 radical (unpaired) electrons. The molecule has 1 aliphatic rings. The quantitative estimate of drug-likeness (QED) is 0.876. The van der Waals surface area contributed by atoms with Crippen LogP contribution in [0.5, 0.6) is 0 Å². The van der Waals surface area contributed by atoms with E-state index in [4.69, 9.17) is 4.74 Å². The molecule has 1 N–H and O–H groups in total. The van der Waals surface area contributed by atoms with Crippen molar-refractivity contribution >= 4 is 11.3 Å². The Morgan fingerprint density at radius 2 is 2.21 bits per heavy atom. The summed E-state index contributed by atoms with van der Waals surface area (Å²) in [7, 11) is 0. The van der Waals surface area contributed by atoms with Gasteiger partial charge in [0.15, 0.2) is 0 Å². The van der Waals surface area contributed by atoms with E-state index >= 15 is 0 Å². The van der Waals surface area contributed by atoms with Crippen LogP contribution >= 0.6 is 11.3 Å². The van der Waals surface area contributed by atoms with E-state index in [1.165, 1.54) is 22.6 Å². The highest BCUT2D eigenvalue weighted by Gasteiger charge is 2.28. The van der Waals surface area contributed by atoms with Gasteiger partial charge < -0.3 is 10.1 Å². The Morgan fingerprint density at radius 1 is 1.42 bits per heavy atom. The Morgan fingerprint density at radius 3 is 2.74 bits per heavy atom. The first kappa shape index (κ1) is 15.0. The first-order chi connectivity index (χ1) is 9.02. The van der Waals surface area contributed by atoms with Crippen molar-refractivity contribution in [3.8, 4) is 0 Å². The highest BCUT2D eigenvalue weighted by Crippen LogP contribution is 2.36. The van der Waals surface area contributed by atoms with Crippen LogP contribution in [0.3, 0.4) is 0 Å². The maximum absolute atomic E-state index is 5.58. The van der Waals surface area contributed by atoms with Crippen LogP contribution in [-0.4, -0.2) is 19.8 Å². The smallest absolute Gasteiger partial charge is 0.0513 e. The van der Waals surface area contributed by atoms with Crippen LogP contribution < -0.4 is 5.32 Å². The Balaban J connectivity index is 2.14. The monoisotopic (exact) mass is 281 g/mol. The van der Waals surface area contributed by atoms with E-state index in [0.29, 0.717) is 12.0 Å². The third-order valence-electron chi connectivity index (χ3n) is 3.72. The number of thiophene rings is 1. The van der Waals surface area contributed by atoms with Gasteiger partial charge in [0.1, 0.15) is 0 Å². The molecular formula is C16H27NOS. The third-order valence-corrected chi connectivity index (χ3v) is 5.32. The van der Waals surface area contributed by atoms with Crippen molar-refractivity contribution in [2.24, 2.45) is 5.92 Å². The summed E-state index contributed by atoms with van der Waals surface area (Å²) >= 11 is 1.97. The summed E-state index contributed by atoms with van der Waals surface area (Å²) in [5.74, 6) is 0.637. The van der Waals surface area contributed by atoms with Gasteiger partial charge in [0.05, 0.1) is 6.61 Å². The fourth-order valence-corrected chi connectivity index (χ4v) is 3.77. The summed E-state index contributed by atoms with van der Waals surface area (Å²) in [6.07, 6.45) is 2.37. The number of rotatable bonds is 5. The van der Waals surface area contributed by atoms with Crippen LogP contribution in [0, 0.1) is 5.92 Å². The molecule has 1 fully saturated rings. The second-order valence-electron chi connectivity index (χ2n) is 6.51. The molecule has 0 spiro atoms. The van der Waals surface area contributed by atoms with Crippen LogP contribution in [0.25, 0.3) is 0 Å². The molecule has 0 amide bonds. The molecule has 2 unspecified atom stereocenters. The molecule has 19 heavy (non-hydrogen) atoms. The molecule has 0 aliphatic carbocycles. The molecule has 1 aromatic rings. The molecule has 0 bridgehead atoms. The van der Waals surface area contributed by atoms with Crippen LogP contribution in [0.1, 0.15) is 56.3 Å². The minimum absolute atomic E-state index is 0.254. The standard InChI is InChI=1S/C16H27NOS/c1-5-9-17-15(12-8-10-18-11-12)13-6-7-14(19-13)16(2,3)4/h6-7,12,15,17H,5,8-11H2,1-4H3. The molecule has 0 saturated carbocycles. The lowest BCUT2D eigenvalue weighted by atomic mass is 9.94. The Hall–Kier alpha value is -0.380. The molecule has 2 rings (SSSR count). The van der Waals surface area contributed by atoms with Crippen molar-refractivity contribution in [3.63, 3.8) is 0 Å². The predicted molar refractivity (Wildman–Crippen MR) is 83.0 cm³/mol. The highest BCUT2D eigenvalue weighted by atomic mass is 32.1. The number of hydrogen-bond donors (Lipinski definition) is 1. The highest BCUT2D eigenvalue weighted by molar-refractivity contribution is 7.12. The molecule has 108 valence electrons. The minimum Gasteiger partial charge on any atom is -0.381 e. The normalized spacial score (nSPS) is 21.8. The van der Waals surface area contributed by atoms with Gasteiger partial charge in [-0.3, -0.25) is 0 Å². The van der Waals surface area contributed by atoms with Gasteiger partial charge >= 0.3 is 0 Å². The van der Waals surface area contributed by atoms with Crippen LogP contribution in [0.2, 0.25) is 0 Å². The number of hydrogen-bond acceptors (Lipinski definition) is 3. The molecular weight excluding hydrogens is 254 g/mol. The van der Waals surface area contributed by atoms with Gasteiger partial charge in [0.2, 0.25) is 0 Å². The van der Waals surface area contributed by atoms with Crippen LogP contribution in [0.15, 0.2) is 12.1 Å². The number of nitrogens with one attached hydrogen (secondary N) is 1. The summed E-state index contributed by atoms with van der Waals surface area (Å²) < 4.78 is 5.58. The first-order valence-electron chi connectivity index (χ1n) is 7.43. The third kappa shape index (κ3) is 3.80. The zero-order chi connectivity index (χ0) is 13.9. The summed E-state index contributed by atoms with van der Waals surface area (Å²) in [4.78, 5) is 2.96. The summed E-state index contributed by atoms with van der Waals surface area (Å²) in [5, 5.41) is 3.72. The van der Waals surface area contributed by atoms with E-state index in [2.05, 4.69) is 45.1 Å². The van der Waals surface area contributed by atoms with Crippen molar-refractivity contribution in [2.45, 2.75) is 52.0 Å². The van der Waals surface area contributed by atoms with E-state index in [1.54, 1.807) is 0 Å². The first-order valence-corrected chi connectivity index (χ1v) is 8.25. The average molecular weight is 281 g/mol. The Labute approximate surface area is 121 Å². The topological polar surface area (TPSA) is 21.3 Å². The fourth-order valence-electron chi connectivity index (χ4n) is 2.54. The zero-order valence-corrected chi connectivity index (χ0v) is 13.5. The maximum Gasteiger partial charge on any atom is 0.0513 e.